The first-order chi connectivity index (χ1) is 7.66. The van der Waals surface area contributed by atoms with E-state index >= 15 is 0 Å². The molecule has 4 amide bonds. The van der Waals surface area contributed by atoms with Crippen LogP contribution in [0.15, 0.2) is 30.3 Å². The zero-order valence-electron chi connectivity index (χ0n) is 8.19. The normalized spacial score (nSPS) is 16.6. The molecule has 6 nitrogen and oxygen atoms in total. The van der Waals surface area contributed by atoms with Gasteiger partial charge in [0.05, 0.1) is 0 Å². The maximum absolute atomic E-state index is 11.4. The molecule has 6 heteroatoms. The Kier molecular flexibility index (Phi) is 2.55. The number of hydrogen-bond donors (Lipinski definition) is 3. The van der Waals surface area contributed by atoms with E-state index in [1.165, 1.54) is 0 Å². The van der Waals surface area contributed by atoms with Crippen LogP contribution in [0.4, 0.5) is 10.5 Å². The average Bonchev–Trinajstić information content (AvgIpc) is 2.25. The van der Waals surface area contributed by atoms with E-state index in [-0.39, 0.29) is 0 Å². The van der Waals surface area contributed by atoms with Gasteiger partial charge in [-0.2, -0.15) is 0 Å². The largest absolute Gasteiger partial charge is 0.366 e. The molecule has 1 heterocycles. The number of benzene rings is 1. The number of imide groups is 2. The molecule has 0 bridgehead atoms. The summed E-state index contributed by atoms with van der Waals surface area (Å²) in [6.07, 6.45) is 0. The van der Waals surface area contributed by atoms with Crippen LogP contribution in [0.2, 0.25) is 0 Å². The molecule has 0 spiro atoms. The third kappa shape index (κ3) is 2.00. The molecule has 1 saturated heterocycles. The lowest BCUT2D eigenvalue weighted by Gasteiger charge is -2.22. The van der Waals surface area contributed by atoms with Gasteiger partial charge in [0.15, 0.2) is 6.04 Å². The van der Waals surface area contributed by atoms with E-state index < -0.39 is 23.9 Å². The highest BCUT2D eigenvalue weighted by Crippen LogP contribution is 2.08. The number of para-hydroxylation sites is 1. The van der Waals surface area contributed by atoms with Crippen molar-refractivity contribution in [2.45, 2.75) is 6.04 Å². The maximum atomic E-state index is 11.4. The third-order valence-corrected chi connectivity index (χ3v) is 2.08. The van der Waals surface area contributed by atoms with Gasteiger partial charge >= 0.3 is 6.03 Å². The molecular formula is C10H9N3O3. The molecule has 0 aromatic heterocycles. The molecule has 0 aliphatic carbocycles. The van der Waals surface area contributed by atoms with E-state index in [1.807, 2.05) is 16.7 Å². The molecule has 1 aromatic rings. The van der Waals surface area contributed by atoms with Gasteiger partial charge in [0.25, 0.3) is 11.8 Å². The van der Waals surface area contributed by atoms with Crippen LogP contribution in [-0.4, -0.2) is 23.9 Å². The van der Waals surface area contributed by atoms with Crippen LogP contribution in [-0.2, 0) is 9.59 Å². The Hall–Kier alpha value is -2.37. The van der Waals surface area contributed by atoms with Gasteiger partial charge in [0.2, 0.25) is 0 Å². The first kappa shape index (κ1) is 10.2. The molecule has 0 radical (unpaired) electrons. The SMILES string of the molecule is O=C1NC(=O)C(Nc2ccccc2)C(=O)N1. The number of urea groups is 1. The summed E-state index contributed by atoms with van der Waals surface area (Å²) in [5.74, 6) is -1.31. The van der Waals surface area contributed by atoms with Crippen molar-refractivity contribution in [3.8, 4) is 0 Å². The molecule has 1 aliphatic heterocycles. The highest BCUT2D eigenvalue weighted by atomic mass is 16.2. The number of carbonyl (C=O) groups is 3. The van der Waals surface area contributed by atoms with Crippen LogP contribution in [0.1, 0.15) is 0 Å². The maximum Gasteiger partial charge on any atom is 0.328 e. The number of amides is 4. The Morgan fingerprint density at radius 2 is 1.50 bits per heavy atom. The van der Waals surface area contributed by atoms with E-state index in [0.29, 0.717) is 5.69 Å². The summed E-state index contributed by atoms with van der Waals surface area (Å²) < 4.78 is 0. The standard InChI is InChI=1S/C10H9N3O3/c14-8-7(9(15)13-10(16)12-8)11-6-4-2-1-3-5-6/h1-5,7,11H,(H2,12,13,14,15,16). The molecule has 3 N–H and O–H groups in total. The summed E-state index contributed by atoms with van der Waals surface area (Å²) in [5, 5.41) is 6.74. The van der Waals surface area contributed by atoms with Crippen LogP contribution in [0.3, 0.4) is 0 Å². The number of carbonyl (C=O) groups excluding carboxylic acids is 3. The van der Waals surface area contributed by atoms with Gasteiger partial charge in [-0.1, -0.05) is 18.2 Å². The van der Waals surface area contributed by atoms with Crippen LogP contribution >= 0.6 is 0 Å². The highest BCUT2D eigenvalue weighted by Gasteiger charge is 2.33. The minimum absolute atomic E-state index is 0.632. The second-order valence-corrected chi connectivity index (χ2v) is 3.25. The van der Waals surface area contributed by atoms with E-state index in [4.69, 9.17) is 0 Å². The Labute approximate surface area is 91.0 Å². The molecule has 2 rings (SSSR count). The summed E-state index contributed by atoms with van der Waals surface area (Å²) in [7, 11) is 0. The predicted molar refractivity (Wildman–Crippen MR) is 55.5 cm³/mol. The first-order valence-electron chi connectivity index (χ1n) is 4.64. The van der Waals surface area contributed by atoms with Gasteiger partial charge < -0.3 is 5.32 Å². The average molecular weight is 219 g/mol. The molecule has 16 heavy (non-hydrogen) atoms. The van der Waals surface area contributed by atoms with Crippen LogP contribution in [0.5, 0.6) is 0 Å². The zero-order chi connectivity index (χ0) is 11.5. The monoisotopic (exact) mass is 219 g/mol. The van der Waals surface area contributed by atoms with Crippen LogP contribution in [0, 0.1) is 0 Å². The molecule has 1 aromatic carbocycles. The Morgan fingerprint density at radius 3 is 2.06 bits per heavy atom. The lowest BCUT2D eigenvalue weighted by Crippen LogP contribution is -2.61. The molecule has 1 aliphatic rings. The summed E-state index contributed by atoms with van der Waals surface area (Å²) in [5.41, 5.74) is 0.632. The smallest absolute Gasteiger partial charge is 0.328 e. The fourth-order valence-electron chi connectivity index (χ4n) is 1.35. The summed E-state index contributed by atoms with van der Waals surface area (Å²) in [4.78, 5) is 33.5. The number of nitrogens with one attached hydrogen (secondary N) is 3. The highest BCUT2D eigenvalue weighted by molar-refractivity contribution is 6.20. The number of rotatable bonds is 2. The summed E-state index contributed by atoms with van der Waals surface area (Å²) in [6.45, 7) is 0. The molecule has 0 unspecified atom stereocenters. The lowest BCUT2D eigenvalue weighted by atomic mass is 10.2. The predicted octanol–water partition coefficient (Wildman–Crippen LogP) is -0.167. The Morgan fingerprint density at radius 1 is 0.938 bits per heavy atom. The van der Waals surface area contributed by atoms with E-state index in [0.717, 1.165) is 0 Å². The zero-order valence-corrected chi connectivity index (χ0v) is 8.19. The molecule has 82 valence electrons. The van der Waals surface area contributed by atoms with Crippen molar-refractivity contribution in [1.82, 2.24) is 10.6 Å². The molecule has 1 fully saturated rings. The third-order valence-electron chi connectivity index (χ3n) is 2.08. The van der Waals surface area contributed by atoms with Gasteiger partial charge in [0, 0.05) is 5.69 Å². The van der Waals surface area contributed by atoms with E-state index in [1.54, 1.807) is 24.3 Å². The molecular weight excluding hydrogens is 210 g/mol. The fourth-order valence-corrected chi connectivity index (χ4v) is 1.35. The topological polar surface area (TPSA) is 87.3 Å². The van der Waals surface area contributed by atoms with Crippen molar-refractivity contribution in [2.24, 2.45) is 0 Å². The van der Waals surface area contributed by atoms with Gasteiger partial charge in [-0.15, -0.1) is 0 Å². The number of anilines is 1. The number of hydrogen-bond acceptors (Lipinski definition) is 4. The lowest BCUT2D eigenvalue weighted by molar-refractivity contribution is -0.130. The van der Waals surface area contributed by atoms with Crippen LogP contribution in [0.25, 0.3) is 0 Å². The molecule has 0 saturated carbocycles. The first-order valence-corrected chi connectivity index (χ1v) is 4.64. The van der Waals surface area contributed by atoms with Crippen LogP contribution < -0.4 is 16.0 Å². The summed E-state index contributed by atoms with van der Waals surface area (Å²) >= 11 is 0. The molecule has 0 atom stereocenters. The van der Waals surface area contributed by atoms with Crippen molar-refractivity contribution in [2.75, 3.05) is 5.32 Å². The summed E-state index contributed by atoms with van der Waals surface area (Å²) in [6, 6.07) is 6.92. The quantitative estimate of drug-likeness (QED) is 0.603. The number of barbiturate groups is 1. The van der Waals surface area contributed by atoms with Crippen molar-refractivity contribution >= 4 is 23.5 Å². The minimum Gasteiger partial charge on any atom is -0.366 e. The van der Waals surface area contributed by atoms with Gasteiger partial charge in [-0.25, -0.2) is 4.79 Å². The second-order valence-electron chi connectivity index (χ2n) is 3.25. The Balaban J connectivity index is 2.13. The van der Waals surface area contributed by atoms with Gasteiger partial charge in [-0.3, -0.25) is 20.2 Å². The van der Waals surface area contributed by atoms with Gasteiger partial charge in [-0.05, 0) is 12.1 Å². The fraction of sp³-hybridized carbons (Fsp3) is 0.100. The van der Waals surface area contributed by atoms with Gasteiger partial charge in [0.1, 0.15) is 0 Å². The Bertz CT molecular complexity index is 424. The van der Waals surface area contributed by atoms with E-state index in [2.05, 4.69) is 5.32 Å². The van der Waals surface area contributed by atoms with E-state index in [9.17, 15) is 14.4 Å². The second kappa shape index (κ2) is 4.01. The van der Waals surface area contributed by atoms with Crippen molar-refractivity contribution in [1.29, 1.82) is 0 Å². The minimum atomic E-state index is -1.08. The van der Waals surface area contributed by atoms with Crippen molar-refractivity contribution < 1.29 is 14.4 Å². The van der Waals surface area contributed by atoms with Crippen molar-refractivity contribution in [3.05, 3.63) is 30.3 Å². The van der Waals surface area contributed by atoms with Crippen molar-refractivity contribution in [3.63, 3.8) is 0 Å².